The Kier molecular flexibility index (Phi) is 4.73. The standard InChI is InChI=1S/C12H16N4OS2/c1-4-10(17)9-6-5-8(7-13-9)18-12-15-14-11(19-12)16(2)3/h5-7,10,17H,4H2,1-3H3. The highest BCUT2D eigenvalue weighted by molar-refractivity contribution is 8.01. The van der Waals surface area contributed by atoms with E-state index in [-0.39, 0.29) is 0 Å². The summed E-state index contributed by atoms with van der Waals surface area (Å²) in [5, 5.41) is 18.8. The molecular weight excluding hydrogens is 280 g/mol. The molecule has 0 spiro atoms. The van der Waals surface area contributed by atoms with Crippen molar-refractivity contribution in [2.45, 2.75) is 28.7 Å². The zero-order chi connectivity index (χ0) is 13.8. The Morgan fingerprint density at radius 1 is 1.37 bits per heavy atom. The number of hydrogen-bond acceptors (Lipinski definition) is 7. The van der Waals surface area contributed by atoms with E-state index in [1.54, 1.807) is 17.5 Å². The van der Waals surface area contributed by atoms with Gasteiger partial charge in [0, 0.05) is 25.2 Å². The van der Waals surface area contributed by atoms with E-state index < -0.39 is 6.10 Å². The lowest BCUT2D eigenvalue weighted by atomic mass is 10.2. The van der Waals surface area contributed by atoms with Crippen molar-refractivity contribution in [2.24, 2.45) is 0 Å². The molecule has 0 radical (unpaired) electrons. The summed E-state index contributed by atoms with van der Waals surface area (Å²) in [6.45, 7) is 1.93. The lowest BCUT2D eigenvalue weighted by Crippen LogP contribution is -2.07. The summed E-state index contributed by atoms with van der Waals surface area (Å²) in [5.74, 6) is 0. The van der Waals surface area contributed by atoms with E-state index in [0.717, 1.165) is 14.4 Å². The van der Waals surface area contributed by atoms with E-state index in [4.69, 9.17) is 0 Å². The summed E-state index contributed by atoms with van der Waals surface area (Å²) in [7, 11) is 3.88. The average Bonchev–Trinajstić information content (AvgIpc) is 2.87. The van der Waals surface area contributed by atoms with Crippen LogP contribution >= 0.6 is 23.1 Å². The van der Waals surface area contributed by atoms with Crippen LogP contribution in [0.2, 0.25) is 0 Å². The van der Waals surface area contributed by atoms with Gasteiger partial charge in [0.15, 0.2) is 4.34 Å². The third kappa shape index (κ3) is 3.65. The van der Waals surface area contributed by atoms with Gasteiger partial charge in [0.25, 0.3) is 0 Å². The molecule has 2 aromatic heterocycles. The molecule has 0 amide bonds. The molecule has 0 aromatic carbocycles. The highest BCUT2D eigenvalue weighted by atomic mass is 32.2. The molecule has 2 heterocycles. The van der Waals surface area contributed by atoms with Gasteiger partial charge in [0.1, 0.15) is 0 Å². The van der Waals surface area contributed by atoms with Gasteiger partial charge in [-0.15, -0.1) is 10.2 Å². The fourth-order valence-corrected chi connectivity index (χ4v) is 3.09. The third-order valence-electron chi connectivity index (χ3n) is 2.47. The zero-order valence-corrected chi connectivity index (χ0v) is 12.7. The van der Waals surface area contributed by atoms with Crippen LogP contribution in [0.3, 0.4) is 0 Å². The normalized spacial score (nSPS) is 12.4. The molecule has 0 fully saturated rings. The molecule has 19 heavy (non-hydrogen) atoms. The molecule has 1 N–H and O–H groups in total. The zero-order valence-electron chi connectivity index (χ0n) is 11.1. The number of anilines is 1. The van der Waals surface area contributed by atoms with Gasteiger partial charge in [0.05, 0.1) is 11.8 Å². The second kappa shape index (κ2) is 6.31. The molecule has 0 bridgehead atoms. The topological polar surface area (TPSA) is 62.1 Å². The number of rotatable bonds is 5. The Labute approximate surface area is 120 Å². The molecule has 7 heteroatoms. The molecule has 2 aromatic rings. The van der Waals surface area contributed by atoms with E-state index in [9.17, 15) is 5.11 Å². The molecule has 0 aliphatic heterocycles. The quantitative estimate of drug-likeness (QED) is 0.915. The predicted octanol–water partition coefficient (Wildman–Crippen LogP) is 2.59. The molecule has 0 saturated heterocycles. The summed E-state index contributed by atoms with van der Waals surface area (Å²) in [5.41, 5.74) is 0.707. The SMILES string of the molecule is CCC(O)c1ccc(Sc2nnc(N(C)C)s2)cn1. The Morgan fingerprint density at radius 3 is 2.68 bits per heavy atom. The third-order valence-corrected chi connectivity index (χ3v) is 4.59. The van der Waals surface area contributed by atoms with E-state index in [0.29, 0.717) is 12.1 Å². The molecule has 5 nitrogen and oxygen atoms in total. The van der Waals surface area contributed by atoms with Crippen molar-refractivity contribution in [1.82, 2.24) is 15.2 Å². The number of hydrogen-bond donors (Lipinski definition) is 1. The van der Waals surface area contributed by atoms with Gasteiger partial charge in [0.2, 0.25) is 5.13 Å². The first kappa shape index (κ1) is 14.2. The van der Waals surface area contributed by atoms with Crippen molar-refractivity contribution in [3.63, 3.8) is 0 Å². The molecule has 0 aliphatic carbocycles. The number of nitrogens with zero attached hydrogens (tertiary/aromatic N) is 4. The molecule has 0 aliphatic rings. The highest BCUT2D eigenvalue weighted by Gasteiger charge is 2.09. The minimum absolute atomic E-state index is 0.485. The number of aromatic nitrogens is 3. The van der Waals surface area contributed by atoms with Crippen LogP contribution in [-0.4, -0.2) is 34.4 Å². The van der Waals surface area contributed by atoms with Crippen molar-refractivity contribution in [3.05, 3.63) is 24.0 Å². The van der Waals surface area contributed by atoms with E-state index >= 15 is 0 Å². The van der Waals surface area contributed by atoms with Gasteiger partial charge in [-0.3, -0.25) is 4.98 Å². The van der Waals surface area contributed by atoms with Crippen LogP contribution in [0.1, 0.15) is 25.1 Å². The number of aliphatic hydroxyl groups excluding tert-OH is 1. The second-order valence-electron chi connectivity index (χ2n) is 4.19. The van der Waals surface area contributed by atoms with Crippen LogP contribution in [0.25, 0.3) is 0 Å². The Morgan fingerprint density at radius 2 is 2.16 bits per heavy atom. The van der Waals surface area contributed by atoms with Crippen LogP contribution in [0.15, 0.2) is 27.6 Å². The van der Waals surface area contributed by atoms with Gasteiger partial charge in [-0.1, -0.05) is 30.0 Å². The van der Waals surface area contributed by atoms with E-state index in [1.807, 2.05) is 38.1 Å². The van der Waals surface area contributed by atoms with Crippen molar-refractivity contribution < 1.29 is 5.11 Å². The fraction of sp³-hybridized carbons (Fsp3) is 0.417. The highest BCUT2D eigenvalue weighted by Crippen LogP contribution is 2.32. The summed E-state index contributed by atoms with van der Waals surface area (Å²) >= 11 is 3.07. The van der Waals surface area contributed by atoms with Gasteiger partial charge < -0.3 is 10.0 Å². The van der Waals surface area contributed by atoms with Crippen molar-refractivity contribution in [2.75, 3.05) is 19.0 Å². The lowest BCUT2D eigenvalue weighted by molar-refractivity contribution is 0.169. The summed E-state index contributed by atoms with van der Waals surface area (Å²) < 4.78 is 0.884. The maximum Gasteiger partial charge on any atom is 0.208 e. The minimum Gasteiger partial charge on any atom is -0.387 e. The average molecular weight is 296 g/mol. The summed E-state index contributed by atoms with van der Waals surface area (Å²) in [6.07, 6.45) is 1.94. The van der Waals surface area contributed by atoms with Crippen molar-refractivity contribution in [3.8, 4) is 0 Å². The Bertz CT molecular complexity index is 527. The molecule has 1 atom stereocenters. The van der Waals surface area contributed by atoms with Crippen LogP contribution in [0, 0.1) is 0 Å². The number of aliphatic hydroxyl groups is 1. The maximum absolute atomic E-state index is 9.68. The maximum atomic E-state index is 9.68. The van der Waals surface area contributed by atoms with Gasteiger partial charge >= 0.3 is 0 Å². The lowest BCUT2D eigenvalue weighted by Gasteiger charge is -2.06. The minimum atomic E-state index is -0.485. The molecule has 0 saturated carbocycles. The van der Waals surface area contributed by atoms with Crippen LogP contribution < -0.4 is 4.90 Å². The smallest absolute Gasteiger partial charge is 0.208 e. The predicted molar refractivity (Wildman–Crippen MR) is 77.8 cm³/mol. The van der Waals surface area contributed by atoms with Gasteiger partial charge in [-0.2, -0.15) is 0 Å². The first-order valence-corrected chi connectivity index (χ1v) is 7.56. The van der Waals surface area contributed by atoms with E-state index in [2.05, 4.69) is 15.2 Å². The second-order valence-corrected chi connectivity index (χ2v) is 6.47. The Hall–Kier alpha value is -1.18. The molecular formula is C12H16N4OS2. The summed E-state index contributed by atoms with van der Waals surface area (Å²) in [4.78, 5) is 7.19. The largest absolute Gasteiger partial charge is 0.387 e. The van der Waals surface area contributed by atoms with Crippen LogP contribution in [-0.2, 0) is 0 Å². The summed E-state index contributed by atoms with van der Waals surface area (Å²) in [6, 6.07) is 3.80. The molecule has 2 rings (SSSR count). The van der Waals surface area contributed by atoms with E-state index in [1.165, 1.54) is 11.8 Å². The first-order chi connectivity index (χ1) is 9.10. The molecule has 102 valence electrons. The van der Waals surface area contributed by atoms with Gasteiger partial charge in [-0.25, -0.2) is 0 Å². The van der Waals surface area contributed by atoms with Crippen molar-refractivity contribution in [1.29, 1.82) is 0 Å². The monoisotopic (exact) mass is 296 g/mol. The molecule has 1 unspecified atom stereocenters. The van der Waals surface area contributed by atoms with Crippen LogP contribution in [0.4, 0.5) is 5.13 Å². The van der Waals surface area contributed by atoms with Gasteiger partial charge in [-0.05, 0) is 18.6 Å². The van der Waals surface area contributed by atoms with Crippen LogP contribution in [0.5, 0.6) is 0 Å². The van der Waals surface area contributed by atoms with Crippen molar-refractivity contribution >= 4 is 28.2 Å². The number of pyridine rings is 1. The first-order valence-electron chi connectivity index (χ1n) is 5.93. The Balaban J connectivity index is 2.06. The fourth-order valence-electron chi connectivity index (χ4n) is 1.38.